The van der Waals surface area contributed by atoms with E-state index in [0.29, 0.717) is 5.65 Å². The fourth-order valence-electron chi connectivity index (χ4n) is 1.37. The van der Waals surface area contributed by atoms with Gasteiger partial charge in [0.05, 0.1) is 0 Å². The third-order valence-electron chi connectivity index (χ3n) is 1.96. The number of aromatic amines is 1. The summed E-state index contributed by atoms with van der Waals surface area (Å²) in [6.45, 7) is -0.149. The fourth-order valence-corrected chi connectivity index (χ4v) is 1.37. The second-order valence-electron chi connectivity index (χ2n) is 2.96. The van der Waals surface area contributed by atoms with Gasteiger partial charge in [-0.2, -0.15) is 0 Å². The molecular weight excluding hydrogens is 184 g/mol. The van der Waals surface area contributed by atoms with Gasteiger partial charge < -0.3 is 14.7 Å². The molecular formula is C9H8N2O3. The first-order chi connectivity index (χ1) is 6.66. The Morgan fingerprint density at radius 2 is 2.21 bits per heavy atom. The normalized spacial score (nSPS) is 10.6. The first-order valence-electron chi connectivity index (χ1n) is 4.07. The summed E-state index contributed by atoms with van der Waals surface area (Å²) in [6, 6.07) is 4.83. The van der Waals surface area contributed by atoms with Crippen molar-refractivity contribution >= 4 is 17.0 Å². The lowest BCUT2D eigenvalue weighted by molar-refractivity contribution is -0.137. The second kappa shape index (κ2) is 3.02. The number of pyridine rings is 1. The first kappa shape index (κ1) is 8.55. The van der Waals surface area contributed by atoms with E-state index in [2.05, 4.69) is 4.98 Å². The van der Waals surface area contributed by atoms with E-state index in [1.807, 2.05) is 0 Å². The summed E-state index contributed by atoms with van der Waals surface area (Å²) < 4.78 is 1.49. The van der Waals surface area contributed by atoms with Gasteiger partial charge in [-0.05, 0) is 12.1 Å². The average Bonchev–Trinajstić information content (AvgIpc) is 2.47. The number of fused-ring (bicyclic) bond motifs is 1. The molecule has 0 unspecified atom stereocenters. The van der Waals surface area contributed by atoms with E-state index in [-0.39, 0.29) is 12.1 Å². The largest absolute Gasteiger partial charge is 0.480 e. The molecule has 0 radical (unpaired) electrons. The Kier molecular flexibility index (Phi) is 1.85. The Hall–Kier alpha value is -2.04. The molecule has 14 heavy (non-hydrogen) atoms. The number of nitrogens with one attached hydrogen (secondary N) is 1. The zero-order valence-electron chi connectivity index (χ0n) is 7.23. The van der Waals surface area contributed by atoms with Crippen LogP contribution in [0.3, 0.4) is 0 Å². The first-order valence-corrected chi connectivity index (χ1v) is 4.07. The summed E-state index contributed by atoms with van der Waals surface area (Å²) in [5.74, 6) is -0.938. The van der Waals surface area contributed by atoms with E-state index < -0.39 is 5.97 Å². The van der Waals surface area contributed by atoms with Crippen LogP contribution in [0, 0.1) is 0 Å². The summed E-state index contributed by atoms with van der Waals surface area (Å²) in [5, 5.41) is 9.43. The van der Waals surface area contributed by atoms with Crippen LogP contribution in [-0.4, -0.2) is 20.6 Å². The molecule has 72 valence electrons. The van der Waals surface area contributed by atoms with E-state index in [1.54, 1.807) is 18.3 Å². The van der Waals surface area contributed by atoms with E-state index >= 15 is 0 Å². The van der Waals surface area contributed by atoms with Crippen LogP contribution in [-0.2, 0) is 11.3 Å². The summed E-state index contributed by atoms with van der Waals surface area (Å²) in [5.41, 5.74) is 0.308. The van der Waals surface area contributed by atoms with Crippen LogP contribution in [0.1, 0.15) is 0 Å². The van der Waals surface area contributed by atoms with Crippen molar-refractivity contribution < 1.29 is 9.90 Å². The van der Waals surface area contributed by atoms with Crippen LogP contribution < -0.4 is 5.56 Å². The van der Waals surface area contributed by atoms with Crippen LogP contribution >= 0.6 is 0 Å². The van der Waals surface area contributed by atoms with Gasteiger partial charge in [-0.15, -0.1) is 0 Å². The maximum Gasteiger partial charge on any atom is 0.323 e. The molecule has 2 aromatic rings. The lowest BCUT2D eigenvalue weighted by Crippen LogP contribution is -2.11. The van der Waals surface area contributed by atoms with Crippen molar-refractivity contribution in [1.29, 1.82) is 0 Å². The fraction of sp³-hybridized carbons (Fsp3) is 0.111. The van der Waals surface area contributed by atoms with Gasteiger partial charge in [0.25, 0.3) is 0 Å². The number of aliphatic carboxylic acids is 1. The summed E-state index contributed by atoms with van der Waals surface area (Å²) >= 11 is 0. The van der Waals surface area contributed by atoms with Gasteiger partial charge in [-0.1, -0.05) is 0 Å². The van der Waals surface area contributed by atoms with E-state index in [9.17, 15) is 9.59 Å². The number of carboxylic acid groups (broad SMARTS) is 1. The molecule has 2 heterocycles. The number of aromatic nitrogens is 2. The highest BCUT2D eigenvalue weighted by atomic mass is 16.4. The zero-order valence-corrected chi connectivity index (χ0v) is 7.23. The topological polar surface area (TPSA) is 75.1 Å². The standard InChI is InChI=1S/C9H8N2O3/c12-7-2-1-6-3-4-11(5-8(13)14)9(6)10-7/h1-4H,5H2,(H,10,12)(H,13,14). The number of H-pyrrole nitrogens is 1. The molecule has 0 aliphatic carbocycles. The van der Waals surface area contributed by atoms with Crippen molar-refractivity contribution in [2.24, 2.45) is 0 Å². The van der Waals surface area contributed by atoms with Crippen LogP contribution in [0.25, 0.3) is 11.0 Å². The van der Waals surface area contributed by atoms with Crippen molar-refractivity contribution in [1.82, 2.24) is 9.55 Å². The molecule has 0 saturated carbocycles. The lowest BCUT2D eigenvalue weighted by atomic mass is 10.3. The molecule has 0 aromatic carbocycles. The molecule has 2 N–H and O–H groups in total. The molecule has 0 spiro atoms. The van der Waals surface area contributed by atoms with Crippen LogP contribution in [0.15, 0.2) is 29.2 Å². The summed E-state index contributed by atoms with van der Waals surface area (Å²) in [6.07, 6.45) is 1.63. The Morgan fingerprint density at radius 3 is 2.93 bits per heavy atom. The highest BCUT2D eigenvalue weighted by Crippen LogP contribution is 2.10. The number of nitrogens with zero attached hydrogens (tertiary/aromatic N) is 1. The van der Waals surface area contributed by atoms with Gasteiger partial charge in [-0.3, -0.25) is 9.59 Å². The van der Waals surface area contributed by atoms with E-state index in [1.165, 1.54) is 10.6 Å². The molecule has 2 rings (SSSR count). The number of hydrogen-bond acceptors (Lipinski definition) is 2. The minimum absolute atomic E-state index is 0.149. The van der Waals surface area contributed by atoms with Gasteiger partial charge in [0.2, 0.25) is 5.56 Å². The van der Waals surface area contributed by atoms with Crippen LogP contribution in [0.5, 0.6) is 0 Å². The third-order valence-corrected chi connectivity index (χ3v) is 1.96. The molecule has 0 amide bonds. The molecule has 0 saturated heterocycles. The van der Waals surface area contributed by atoms with Crippen molar-refractivity contribution in [3.63, 3.8) is 0 Å². The van der Waals surface area contributed by atoms with Gasteiger partial charge >= 0.3 is 5.97 Å². The Bertz CT molecular complexity index is 538. The Labute approximate surface area is 78.6 Å². The molecule has 0 aliphatic rings. The van der Waals surface area contributed by atoms with Gasteiger partial charge in [0.15, 0.2) is 0 Å². The Balaban J connectivity index is 2.61. The van der Waals surface area contributed by atoms with Crippen molar-refractivity contribution in [2.45, 2.75) is 6.54 Å². The predicted octanol–water partition coefficient (Wildman–Crippen LogP) is 0.414. The summed E-state index contributed by atoms with van der Waals surface area (Å²) in [7, 11) is 0. The SMILES string of the molecule is O=C(O)Cn1ccc2ccc(=O)[nH]c21. The van der Waals surface area contributed by atoms with E-state index in [4.69, 9.17) is 5.11 Å². The summed E-state index contributed by atoms with van der Waals surface area (Å²) in [4.78, 5) is 24.1. The van der Waals surface area contributed by atoms with Crippen molar-refractivity contribution in [2.75, 3.05) is 0 Å². The molecule has 5 heteroatoms. The zero-order chi connectivity index (χ0) is 10.1. The van der Waals surface area contributed by atoms with Gasteiger partial charge in [0.1, 0.15) is 12.2 Å². The molecule has 0 atom stereocenters. The maximum absolute atomic E-state index is 11.0. The smallest absolute Gasteiger partial charge is 0.323 e. The molecule has 0 fully saturated rings. The predicted molar refractivity (Wildman–Crippen MR) is 50.2 cm³/mol. The molecule has 0 aliphatic heterocycles. The number of hydrogen-bond donors (Lipinski definition) is 2. The highest BCUT2D eigenvalue weighted by Gasteiger charge is 2.04. The van der Waals surface area contributed by atoms with Crippen molar-refractivity contribution in [3.8, 4) is 0 Å². The monoisotopic (exact) mass is 192 g/mol. The van der Waals surface area contributed by atoms with Crippen LogP contribution in [0.2, 0.25) is 0 Å². The van der Waals surface area contributed by atoms with Crippen LogP contribution in [0.4, 0.5) is 0 Å². The van der Waals surface area contributed by atoms with Crippen molar-refractivity contribution in [3.05, 3.63) is 34.7 Å². The quantitative estimate of drug-likeness (QED) is 0.723. The average molecular weight is 192 g/mol. The number of rotatable bonds is 2. The maximum atomic E-state index is 11.0. The number of carboxylic acids is 1. The highest BCUT2D eigenvalue weighted by molar-refractivity contribution is 5.77. The molecule has 5 nitrogen and oxygen atoms in total. The molecule has 2 aromatic heterocycles. The Morgan fingerprint density at radius 1 is 1.43 bits per heavy atom. The second-order valence-corrected chi connectivity index (χ2v) is 2.96. The lowest BCUT2D eigenvalue weighted by Gasteiger charge is -1.99. The minimum atomic E-state index is -0.938. The van der Waals surface area contributed by atoms with Gasteiger partial charge in [0, 0.05) is 17.6 Å². The third kappa shape index (κ3) is 1.39. The van der Waals surface area contributed by atoms with Gasteiger partial charge in [-0.25, -0.2) is 0 Å². The molecule has 0 bridgehead atoms. The minimum Gasteiger partial charge on any atom is -0.480 e. The van der Waals surface area contributed by atoms with E-state index in [0.717, 1.165) is 5.39 Å². The number of carbonyl (C=O) groups is 1.